The molecule has 8 nitrogen and oxygen atoms in total. The number of para-hydroxylation sites is 1. The molecule has 3 amide bonds. The van der Waals surface area contributed by atoms with E-state index in [4.69, 9.17) is 11.6 Å². The highest BCUT2D eigenvalue weighted by atomic mass is 35.5. The average molecular weight is 470 g/mol. The van der Waals surface area contributed by atoms with Crippen LogP contribution in [0, 0.1) is 0 Å². The summed E-state index contributed by atoms with van der Waals surface area (Å²) < 4.78 is 0. The molecule has 2 heterocycles. The Labute approximate surface area is 198 Å². The van der Waals surface area contributed by atoms with Gasteiger partial charge in [-0.05, 0) is 30.3 Å². The molecule has 2 aromatic rings. The molecular formula is C24H28ClN5O3. The zero-order valence-corrected chi connectivity index (χ0v) is 19.1. The molecule has 0 aliphatic carbocycles. The van der Waals surface area contributed by atoms with Crippen LogP contribution in [-0.4, -0.2) is 79.4 Å². The molecule has 0 bridgehead atoms. The highest BCUT2D eigenvalue weighted by molar-refractivity contribution is 6.30. The first-order valence-electron chi connectivity index (χ1n) is 11.1. The van der Waals surface area contributed by atoms with Crippen LogP contribution >= 0.6 is 11.6 Å². The summed E-state index contributed by atoms with van der Waals surface area (Å²) in [5.74, 6) is -0.710. The van der Waals surface area contributed by atoms with Crippen molar-refractivity contribution in [3.8, 4) is 0 Å². The standard InChI is InChI=1S/C24H28ClN5O3/c25-18-5-4-8-20(15-18)29-13-11-28(12-14-29)17-23(32)30-10-9-26-24(33)21(30)16-22(31)27-19-6-2-1-3-7-19/h1-8,15,21H,9-14,16-17H2,(H,26,33)(H,27,31)/t21-/m0/s1. The molecule has 4 rings (SSSR count). The number of rotatable bonds is 6. The largest absolute Gasteiger partial charge is 0.369 e. The van der Waals surface area contributed by atoms with Crippen molar-refractivity contribution in [3.05, 3.63) is 59.6 Å². The Morgan fingerprint density at radius 1 is 1.00 bits per heavy atom. The third-order valence-electron chi connectivity index (χ3n) is 5.99. The van der Waals surface area contributed by atoms with Crippen molar-refractivity contribution >= 4 is 40.7 Å². The Kier molecular flexibility index (Phi) is 7.47. The maximum Gasteiger partial charge on any atom is 0.243 e. The maximum absolute atomic E-state index is 13.1. The molecule has 0 aromatic heterocycles. The van der Waals surface area contributed by atoms with Gasteiger partial charge in [-0.2, -0.15) is 0 Å². The fourth-order valence-electron chi connectivity index (χ4n) is 4.24. The minimum atomic E-state index is -0.803. The highest BCUT2D eigenvalue weighted by Crippen LogP contribution is 2.21. The summed E-state index contributed by atoms with van der Waals surface area (Å²) in [6.07, 6.45) is -0.0744. The van der Waals surface area contributed by atoms with Gasteiger partial charge in [0.15, 0.2) is 0 Å². The summed E-state index contributed by atoms with van der Waals surface area (Å²) in [6, 6.07) is 16.0. The van der Waals surface area contributed by atoms with Gasteiger partial charge in [0.25, 0.3) is 0 Å². The molecule has 0 radical (unpaired) electrons. The number of halogens is 1. The van der Waals surface area contributed by atoms with Gasteiger partial charge in [-0.3, -0.25) is 19.3 Å². The minimum absolute atomic E-state index is 0.0744. The van der Waals surface area contributed by atoms with Gasteiger partial charge in [-0.1, -0.05) is 35.9 Å². The predicted octanol–water partition coefficient (Wildman–Crippen LogP) is 1.82. The molecule has 2 aliphatic rings. The van der Waals surface area contributed by atoms with Crippen LogP contribution in [0.1, 0.15) is 6.42 Å². The van der Waals surface area contributed by atoms with Crippen molar-refractivity contribution in [2.24, 2.45) is 0 Å². The van der Waals surface area contributed by atoms with Crippen molar-refractivity contribution in [3.63, 3.8) is 0 Å². The molecule has 0 saturated carbocycles. The van der Waals surface area contributed by atoms with Crippen molar-refractivity contribution in [1.82, 2.24) is 15.1 Å². The van der Waals surface area contributed by atoms with E-state index in [0.717, 1.165) is 31.9 Å². The third kappa shape index (κ3) is 6.03. The quantitative estimate of drug-likeness (QED) is 0.674. The number of piperazine rings is 2. The number of benzene rings is 2. The molecule has 0 unspecified atom stereocenters. The number of hydrogen-bond acceptors (Lipinski definition) is 5. The lowest BCUT2D eigenvalue weighted by atomic mass is 10.1. The Bertz CT molecular complexity index is 995. The first-order chi connectivity index (χ1) is 16.0. The predicted molar refractivity (Wildman–Crippen MR) is 128 cm³/mol. The van der Waals surface area contributed by atoms with Crippen molar-refractivity contribution in [2.75, 3.05) is 56.0 Å². The van der Waals surface area contributed by atoms with E-state index in [-0.39, 0.29) is 30.7 Å². The van der Waals surface area contributed by atoms with E-state index >= 15 is 0 Å². The molecule has 2 fully saturated rings. The van der Waals surface area contributed by atoms with Crippen LogP contribution in [0.15, 0.2) is 54.6 Å². The zero-order valence-electron chi connectivity index (χ0n) is 18.4. The Hall–Kier alpha value is -3.10. The van der Waals surface area contributed by atoms with Crippen molar-refractivity contribution < 1.29 is 14.4 Å². The van der Waals surface area contributed by atoms with E-state index in [2.05, 4.69) is 20.4 Å². The fourth-order valence-corrected chi connectivity index (χ4v) is 4.43. The smallest absolute Gasteiger partial charge is 0.243 e. The van der Waals surface area contributed by atoms with E-state index in [1.54, 1.807) is 17.0 Å². The van der Waals surface area contributed by atoms with Crippen LogP contribution < -0.4 is 15.5 Å². The second-order valence-corrected chi connectivity index (χ2v) is 8.69. The molecule has 33 heavy (non-hydrogen) atoms. The highest BCUT2D eigenvalue weighted by Gasteiger charge is 2.35. The van der Waals surface area contributed by atoms with E-state index in [1.165, 1.54) is 0 Å². The van der Waals surface area contributed by atoms with Crippen LogP contribution in [0.5, 0.6) is 0 Å². The lowest BCUT2D eigenvalue weighted by molar-refractivity contribution is -0.145. The number of nitrogens with one attached hydrogen (secondary N) is 2. The topological polar surface area (TPSA) is 85.0 Å². The van der Waals surface area contributed by atoms with Gasteiger partial charge in [-0.25, -0.2) is 0 Å². The Morgan fingerprint density at radius 2 is 1.76 bits per heavy atom. The molecule has 174 valence electrons. The summed E-state index contributed by atoms with van der Waals surface area (Å²) >= 11 is 6.11. The van der Waals surface area contributed by atoms with E-state index < -0.39 is 6.04 Å². The zero-order chi connectivity index (χ0) is 23.2. The molecule has 9 heteroatoms. The van der Waals surface area contributed by atoms with Crippen LogP contribution in [0.2, 0.25) is 5.02 Å². The first-order valence-corrected chi connectivity index (χ1v) is 11.5. The SMILES string of the molecule is O=C(C[C@H]1C(=O)NCCN1C(=O)CN1CCN(c2cccc(Cl)c2)CC1)Nc1ccccc1. The third-order valence-corrected chi connectivity index (χ3v) is 6.23. The van der Waals surface area contributed by atoms with E-state index in [1.807, 2.05) is 42.5 Å². The number of anilines is 2. The van der Waals surface area contributed by atoms with Crippen LogP contribution in [-0.2, 0) is 14.4 Å². The molecule has 0 spiro atoms. The van der Waals surface area contributed by atoms with Crippen LogP contribution in [0.25, 0.3) is 0 Å². The fraction of sp³-hybridized carbons (Fsp3) is 0.375. The van der Waals surface area contributed by atoms with Crippen LogP contribution in [0.3, 0.4) is 0 Å². The van der Waals surface area contributed by atoms with Gasteiger partial charge in [0, 0.05) is 55.7 Å². The Morgan fingerprint density at radius 3 is 2.48 bits per heavy atom. The number of carbonyl (C=O) groups is 3. The molecule has 2 N–H and O–H groups in total. The second kappa shape index (κ2) is 10.7. The molecular weight excluding hydrogens is 442 g/mol. The summed E-state index contributed by atoms with van der Waals surface area (Å²) in [6.45, 7) is 4.07. The lowest BCUT2D eigenvalue weighted by Crippen LogP contribution is -2.60. The van der Waals surface area contributed by atoms with Crippen molar-refractivity contribution in [2.45, 2.75) is 12.5 Å². The first kappa shape index (κ1) is 23.1. The molecule has 1 atom stereocenters. The van der Waals surface area contributed by atoms with Crippen molar-refractivity contribution in [1.29, 1.82) is 0 Å². The van der Waals surface area contributed by atoms with E-state index in [0.29, 0.717) is 23.8 Å². The van der Waals surface area contributed by atoms with Gasteiger partial charge < -0.3 is 20.4 Å². The minimum Gasteiger partial charge on any atom is -0.369 e. The number of carbonyl (C=O) groups excluding carboxylic acids is 3. The summed E-state index contributed by atoms with van der Waals surface area (Å²) in [5.41, 5.74) is 1.74. The number of amides is 3. The van der Waals surface area contributed by atoms with Gasteiger partial charge in [0.05, 0.1) is 13.0 Å². The van der Waals surface area contributed by atoms with E-state index in [9.17, 15) is 14.4 Å². The number of nitrogens with zero attached hydrogens (tertiary/aromatic N) is 3. The van der Waals surface area contributed by atoms with Gasteiger partial charge in [0.2, 0.25) is 17.7 Å². The second-order valence-electron chi connectivity index (χ2n) is 8.26. The van der Waals surface area contributed by atoms with Gasteiger partial charge in [-0.15, -0.1) is 0 Å². The summed E-state index contributed by atoms with van der Waals surface area (Å²) in [7, 11) is 0. The van der Waals surface area contributed by atoms with Crippen LogP contribution in [0.4, 0.5) is 11.4 Å². The monoisotopic (exact) mass is 469 g/mol. The van der Waals surface area contributed by atoms with Gasteiger partial charge in [0.1, 0.15) is 6.04 Å². The lowest BCUT2D eigenvalue weighted by Gasteiger charge is -2.39. The Balaban J connectivity index is 1.32. The van der Waals surface area contributed by atoms with Gasteiger partial charge >= 0.3 is 0 Å². The molecule has 2 aromatic carbocycles. The maximum atomic E-state index is 13.1. The normalized spacial score (nSPS) is 19.2. The summed E-state index contributed by atoms with van der Waals surface area (Å²) in [5, 5.41) is 6.27. The molecule has 2 saturated heterocycles. The number of hydrogen-bond donors (Lipinski definition) is 2. The summed E-state index contributed by atoms with van der Waals surface area (Å²) in [4.78, 5) is 44.0. The molecule has 2 aliphatic heterocycles. The average Bonchev–Trinajstić information content (AvgIpc) is 2.81.